The lowest BCUT2D eigenvalue weighted by molar-refractivity contribution is -0.137. The van der Waals surface area contributed by atoms with Crippen molar-refractivity contribution in [3.05, 3.63) is 74.8 Å². The molecule has 1 saturated carbocycles. The van der Waals surface area contributed by atoms with Crippen molar-refractivity contribution in [1.29, 1.82) is 0 Å². The van der Waals surface area contributed by atoms with Crippen LogP contribution in [0.15, 0.2) is 41.2 Å². The van der Waals surface area contributed by atoms with E-state index in [1.165, 1.54) is 26.1 Å². The van der Waals surface area contributed by atoms with E-state index in [0.717, 1.165) is 29.8 Å². The summed E-state index contributed by atoms with van der Waals surface area (Å²) in [6.45, 7) is 2.93. The van der Waals surface area contributed by atoms with Gasteiger partial charge < -0.3 is 15.4 Å². The quantitative estimate of drug-likeness (QED) is 0.270. The van der Waals surface area contributed by atoms with Crippen molar-refractivity contribution in [2.24, 2.45) is 7.05 Å². The fourth-order valence-electron chi connectivity index (χ4n) is 4.03. The molecule has 0 spiro atoms. The Morgan fingerprint density at radius 3 is 2.37 bits per heavy atom. The van der Waals surface area contributed by atoms with E-state index >= 15 is 0 Å². The standard InChI is InChI=1S/C26H27F4N5O5S/c1-13-8-11-17(16(27)12-13)33-23-20(24(36)32-15-9-10-15)22(14(2)25(37)35(23)4)40-19-7-5-6-18(21(19)26(28,29)30)34-41(38,39)31-3/h5-8,11-12,15,31,33-34H,9-10H2,1-4H3,(H,32,36). The maximum absolute atomic E-state index is 14.8. The van der Waals surface area contributed by atoms with Gasteiger partial charge in [-0.3, -0.25) is 18.9 Å². The molecule has 0 unspecified atom stereocenters. The summed E-state index contributed by atoms with van der Waals surface area (Å²) >= 11 is 0. The zero-order valence-electron chi connectivity index (χ0n) is 22.4. The molecule has 4 N–H and O–H groups in total. The van der Waals surface area contributed by atoms with Crippen LogP contribution in [-0.4, -0.2) is 32.0 Å². The number of halogens is 4. The summed E-state index contributed by atoms with van der Waals surface area (Å²) in [6.07, 6.45) is -3.78. The molecule has 0 aliphatic heterocycles. The van der Waals surface area contributed by atoms with Crippen LogP contribution in [0.3, 0.4) is 0 Å². The van der Waals surface area contributed by atoms with Gasteiger partial charge in [0.2, 0.25) is 0 Å². The number of nitrogens with one attached hydrogen (secondary N) is 4. The van der Waals surface area contributed by atoms with E-state index in [-0.39, 0.29) is 28.7 Å². The number of ether oxygens (including phenoxy) is 1. The first-order valence-corrected chi connectivity index (χ1v) is 13.8. The zero-order chi connectivity index (χ0) is 30.3. The molecule has 1 aliphatic rings. The van der Waals surface area contributed by atoms with Gasteiger partial charge in [0.25, 0.3) is 21.7 Å². The van der Waals surface area contributed by atoms with Crippen LogP contribution in [0, 0.1) is 19.7 Å². The molecule has 1 aromatic heterocycles. The number of carbonyl (C=O) groups excluding carboxylic acids is 1. The first-order chi connectivity index (χ1) is 19.1. The van der Waals surface area contributed by atoms with E-state index in [4.69, 9.17) is 4.74 Å². The van der Waals surface area contributed by atoms with E-state index in [2.05, 4.69) is 10.6 Å². The third kappa shape index (κ3) is 6.46. The zero-order valence-corrected chi connectivity index (χ0v) is 23.2. The number of alkyl halides is 3. The number of aromatic nitrogens is 1. The summed E-state index contributed by atoms with van der Waals surface area (Å²) in [7, 11) is -2.04. The Hall–Kier alpha value is -4.11. The fourth-order valence-corrected chi connectivity index (χ4v) is 4.59. The lowest BCUT2D eigenvalue weighted by atomic mass is 10.1. The molecule has 2 aromatic carbocycles. The van der Waals surface area contributed by atoms with Crippen LogP contribution in [-0.2, 0) is 23.4 Å². The topological polar surface area (TPSA) is 131 Å². The van der Waals surface area contributed by atoms with Gasteiger partial charge in [-0.15, -0.1) is 0 Å². The molecule has 0 atom stereocenters. The number of nitrogens with zero attached hydrogens (tertiary/aromatic N) is 1. The van der Waals surface area contributed by atoms with Crippen LogP contribution in [0.4, 0.5) is 34.8 Å². The number of hydrogen-bond acceptors (Lipinski definition) is 6. The number of hydrogen-bond donors (Lipinski definition) is 4. The summed E-state index contributed by atoms with van der Waals surface area (Å²) in [4.78, 5) is 26.7. The Labute approximate surface area is 232 Å². The van der Waals surface area contributed by atoms with Crippen LogP contribution in [0.1, 0.15) is 39.9 Å². The lowest BCUT2D eigenvalue weighted by Gasteiger charge is -2.23. The van der Waals surface area contributed by atoms with E-state index in [1.807, 2.05) is 4.72 Å². The predicted octanol–water partition coefficient (Wildman–Crippen LogP) is 4.46. The maximum atomic E-state index is 14.8. The van der Waals surface area contributed by atoms with Crippen molar-refractivity contribution < 1.29 is 35.5 Å². The molecule has 1 aliphatic carbocycles. The summed E-state index contributed by atoms with van der Waals surface area (Å²) in [6, 6.07) is 6.93. The van der Waals surface area contributed by atoms with E-state index in [0.29, 0.717) is 18.4 Å². The molecule has 1 amide bonds. The van der Waals surface area contributed by atoms with Gasteiger partial charge in [0.1, 0.15) is 28.5 Å². The lowest BCUT2D eigenvalue weighted by Crippen LogP contribution is -2.32. The molecular weight excluding hydrogens is 570 g/mol. The van der Waals surface area contributed by atoms with Crippen molar-refractivity contribution in [1.82, 2.24) is 14.6 Å². The van der Waals surface area contributed by atoms with Crippen LogP contribution in [0.2, 0.25) is 0 Å². The highest BCUT2D eigenvalue weighted by Gasteiger charge is 2.39. The van der Waals surface area contributed by atoms with Gasteiger partial charge in [0, 0.05) is 20.1 Å². The third-order valence-corrected chi connectivity index (χ3v) is 7.34. The highest BCUT2D eigenvalue weighted by molar-refractivity contribution is 7.90. The van der Waals surface area contributed by atoms with Gasteiger partial charge in [-0.05, 0) is 56.5 Å². The minimum atomic E-state index is -5.13. The van der Waals surface area contributed by atoms with Crippen LogP contribution < -0.4 is 30.4 Å². The molecule has 0 bridgehead atoms. The number of anilines is 3. The van der Waals surface area contributed by atoms with Gasteiger partial charge in [-0.25, -0.2) is 9.11 Å². The van der Waals surface area contributed by atoms with E-state index in [1.54, 1.807) is 17.7 Å². The van der Waals surface area contributed by atoms with Gasteiger partial charge in [0.05, 0.1) is 16.9 Å². The maximum Gasteiger partial charge on any atom is 0.422 e. The molecular formula is C26H27F4N5O5S. The molecule has 0 radical (unpaired) electrons. The molecule has 0 saturated heterocycles. The number of benzene rings is 2. The number of carbonyl (C=O) groups is 1. The summed E-state index contributed by atoms with van der Waals surface area (Å²) < 4.78 is 92.0. The second-order valence-electron chi connectivity index (χ2n) is 9.49. The van der Waals surface area contributed by atoms with Gasteiger partial charge >= 0.3 is 6.18 Å². The Kier molecular flexibility index (Phi) is 8.05. The van der Waals surface area contributed by atoms with Gasteiger partial charge in [-0.2, -0.15) is 21.6 Å². The Bertz CT molecular complexity index is 1680. The smallest absolute Gasteiger partial charge is 0.422 e. The number of pyridine rings is 1. The van der Waals surface area contributed by atoms with E-state index < -0.39 is 56.4 Å². The molecule has 1 fully saturated rings. The molecule has 4 rings (SSSR count). The second-order valence-corrected chi connectivity index (χ2v) is 11.1. The summed E-state index contributed by atoms with van der Waals surface area (Å²) in [5.74, 6) is -3.08. The van der Waals surface area contributed by atoms with Crippen molar-refractivity contribution >= 4 is 33.3 Å². The van der Waals surface area contributed by atoms with Crippen molar-refractivity contribution in [3.63, 3.8) is 0 Å². The predicted molar refractivity (Wildman–Crippen MR) is 144 cm³/mol. The second kappa shape index (κ2) is 11.0. The Balaban J connectivity index is 1.95. The molecule has 220 valence electrons. The van der Waals surface area contributed by atoms with Crippen LogP contribution in [0.5, 0.6) is 11.5 Å². The average molecular weight is 598 g/mol. The van der Waals surface area contributed by atoms with Gasteiger partial charge in [0.15, 0.2) is 5.75 Å². The van der Waals surface area contributed by atoms with Crippen molar-refractivity contribution in [2.45, 2.75) is 38.9 Å². The molecule has 10 nitrogen and oxygen atoms in total. The van der Waals surface area contributed by atoms with Gasteiger partial charge in [-0.1, -0.05) is 12.1 Å². The number of rotatable bonds is 9. The summed E-state index contributed by atoms with van der Waals surface area (Å²) in [5.41, 5.74) is -3.13. The minimum Gasteiger partial charge on any atom is -0.455 e. The third-order valence-electron chi connectivity index (χ3n) is 6.32. The first-order valence-electron chi connectivity index (χ1n) is 12.3. The van der Waals surface area contributed by atoms with Crippen LogP contribution >= 0.6 is 0 Å². The number of aryl methyl sites for hydroxylation is 1. The monoisotopic (exact) mass is 597 g/mol. The molecule has 1 heterocycles. The minimum absolute atomic E-state index is 0.0969. The SMILES string of the molecule is CNS(=O)(=O)Nc1cccc(Oc2c(C(=O)NC3CC3)c(Nc3ccc(C)cc3F)n(C)c(=O)c2C)c1C(F)(F)F. The Morgan fingerprint density at radius 1 is 1.10 bits per heavy atom. The van der Waals surface area contributed by atoms with E-state index in [9.17, 15) is 35.6 Å². The molecule has 15 heteroatoms. The number of amides is 1. The molecule has 41 heavy (non-hydrogen) atoms. The largest absolute Gasteiger partial charge is 0.455 e. The average Bonchev–Trinajstić information content (AvgIpc) is 3.70. The normalized spacial score (nSPS) is 13.6. The molecule has 3 aromatic rings. The van der Waals surface area contributed by atoms with Crippen LogP contribution in [0.25, 0.3) is 0 Å². The van der Waals surface area contributed by atoms with Crippen molar-refractivity contribution in [3.8, 4) is 11.5 Å². The fraction of sp³-hybridized carbons (Fsp3) is 0.308. The first kappa shape index (κ1) is 29.9. The highest BCUT2D eigenvalue weighted by Crippen LogP contribution is 2.44. The summed E-state index contributed by atoms with van der Waals surface area (Å²) in [5, 5.41) is 5.45. The Morgan fingerprint density at radius 2 is 1.78 bits per heavy atom. The van der Waals surface area contributed by atoms with Crippen molar-refractivity contribution in [2.75, 3.05) is 17.1 Å². The highest BCUT2D eigenvalue weighted by atomic mass is 32.2.